The lowest BCUT2D eigenvalue weighted by molar-refractivity contribution is -0.384. The van der Waals surface area contributed by atoms with Crippen LogP contribution in [0.5, 0.6) is 0 Å². The molecule has 7 heteroatoms. The van der Waals surface area contributed by atoms with Gasteiger partial charge in [0.2, 0.25) is 0 Å². The largest absolute Gasteiger partial charge is 0.348 e. The van der Waals surface area contributed by atoms with Crippen molar-refractivity contribution in [1.29, 1.82) is 0 Å². The van der Waals surface area contributed by atoms with Crippen molar-refractivity contribution >= 4 is 11.5 Å². The van der Waals surface area contributed by atoms with Crippen molar-refractivity contribution in [2.75, 3.05) is 11.4 Å². The first-order valence-corrected chi connectivity index (χ1v) is 8.71. The predicted molar refractivity (Wildman–Crippen MR) is 98.9 cm³/mol. The summed E-state index contributed by atoms with van der Waals surface area (Å²) in [5, 5.41) is 18.6. The maximum atomic E-state index is 11.5. The minimum Gasteiger partial charge on any atom is -0.348 e. The van der Waals surface area contributed by atoms with Crippen molar-refractivity contribution in [3.63, 3.8) is 0 Å². The summed E-state index contributed by atoms with van der Waals surface area (Å²) >= 11 is 0. The van der Waals surface area contributed by atoms with Crippen LogP contribution >= 0.6 is 0 Å². The van der Waals surface area contributed by atoms with Gasteiger partial charge in [-0.05, 0) is 31.4 Å². The minimum absolute atomic E-state index is 0.0232. The standard InChI is InChI=1S/C19H19N5O2/c25-24(26)17-9-10-18(21-19(17)14-6-2-1-3-7-14)23-13-5-4-8-16(23)15-11-12-20-22-15/h1-3,6-7,9-12,16H,4-5,8,13H2,(H,20,22)/t16-/m0/s1. The first-order valence-electron chi connectivity index (χ1n) is 8.71. The molecule has 0 saturated carbocycles. The molecule has 132 valence electrons. The topological polar surface area (TPSA) is 88.0 Å². The number of nitrogens with one attached hydrogen (secondary N) is 1. The highest BCUT2D eigenvalue weighted by molar-refractivity contribution is 5.71. The molecule has 1 fully saturated rings. The summed E-state index contributed by atoms with van der Waals surface area (Å²) in [7, 11) is 0. The summed E-state index contributed by atoms with van der Waals surface area (Å²) < 4.78 is 0. The molecule has 0 unspecified atom stereocenters. The van der Waals surface area contributed by atoms with E-state index in [1.165, 1.54) is 0 Å². The van der Waals surface area contributed by atoms with E-state index >= 15 is 0 Å². The molecule has 0 amide bonds. The van der Waals surface area contributed by atoms with E-state index in [2.05, 4.69) is 15.1 Å². The van der Waals surface area contributed by atoms with Gasteiger partial charge in [-0.2, -0.15) is 5.10 Å². The van der Waals surface area contributed by atoms with Gasteiger partial charge in [0, 0.05) is 24.4 Å². The molecule has 4 rings (SSSR count). The monoisotopic (exact) mass is 349 g/mol. The van der Waals surface area contributed by atoms with Crippen LogP contribution in [0.1, 0.15) is 31.0 Å². The summed E-state index contributed by atoms with van der Waals surface area (Å²) in [5.74, 6) is 0.758. The molecule has 0 bridgehead atoms. The van der Waals surface area contributed by atoms with Crippen LogP contribution in [0.15, 0.2) is 54.7 Å². The summed E-state index contributed by atoms with van der Waals surface area (Å²) in [6, 6.07) is 14.8. The zero-order valence-corrected chi connectivity index (χ0v) is 14.2. The Morgan fingerprint density at radius 2 is 1.96 bits per heavy atom. The number of hydrogen-bond donors (Lipinski definition) is 1. The van der Waals surface area contributed by atoms with Crippen LogP contribution in [0.4, 0.5) is 11.5 Å². The van der Waals surface area contributed by atoms with E-state index in [0.717, 1.165) is 42.9 Å². The molecule has 1 saturated heterocycles. The Balaban J connectivity index is 1.78. The van der Waals surface area contributed by atoms with Crippen molar-refractivity contribution in [1.82, 2.24) is 15.2 Å². The molecule has 1 N–H and O–H groups in total. The molecule has 0 radical (unpaired) electrons. The van der Waals surface area contributed by atoms with Gasteiger partial charge in [0.05, 0.1) is 16.7 Å². The molecule has 0 aliphatic carbocycles. The predicted octanol–water partition coefficient (Wildman–Crippen LogP) is 4.11. The van der Waals surface area contributed by atoms with E-state index in [1.54, 1.807) is 18.3 Å². The second-order valence-electron chi connectivity index (χ2n) is 6.38. The Kier molecular flexibility index (Phi) is 4.35. The maximum Gasteiger partial charge on any atom is 0.295 e. The fraction of sp³-hybridized carbons (Fsp3) is 0.263. The first kappa shape index (κ1) is 16.3. The lowest BCUT2D eigenvalue weighted by Crippen LogP contribution is -2.34. The van der Waals surface area contributed by atoms with Crippen molar-refractivity contribution in [2.45, 2.75) is 25.3 Å². The van der Waals surface area contributed by atoms with E-state index < -0.39 is 0 Å². The highest BCUT2D eigenvalue weighted by Gasteiger charge is 2.28. The van der Waals surface area contributed by atoms with Gasteiger partial charge < -0.3 is 4.90 Å². The Bertz CT molecular complexity index is 896. The molecule has 3 heterocycles. The number of benzene rings is 1. The normalized spacial score (nSPS) is 17.2. The average Bonchev–Trinajstić information content (AvgIpc) is 3.23. The number of anilines is 1. The van der Waals surface area contributed by atoms with E-state index in [1.807, 2.05) is 36.4 Å². The number of hydrogen-bond acceptors (Lipinski definition) is 5. The lowest BCUT2D eigenvalue weighted by atomic mass is 9.99. The van der Waals surface area contributed by atoms with E-state index in [4.69, 9.17) is 4.98 Å². The van der Waals surface area contributed by atoms with Crippen molar-refractivity contribution < 1.29 is 4.92 Å². The third kappa shape index (κ3) is 3.03. The number of nitrogens with zero attached hydrogens (tertiary/aromatic N) is 4. The molecule has 3 aromatic rings. The van der Waals surface area contributed by atoms with E-state index in [-0.39, 0.29) is 16.7 Å². The van der Waals surface area contributed by atoms with Gasteiger partial charge in [0.15, 0.2) is 5.69 Å². The molecular weight excluding hydrogens is 330 g/mol. The van der Waals surface area contributed by atoms with Crippen LogP contribution in [-0.4, -0.2) is 26.6 Å². The highest BCUT2D eigenvalue weighted by atomic mass is 16.6. The second-order valence-corrected chi connectivity index (χ2v) is 6.38. The number of H-pyrrole nitrogens is 1. The number of rotatable bonds is 4. The third-order valence-corrected chi connectivity index (χ3v) is 4.78. The van der Waals surface area contributed by atoms with Crippen LogP contribution in [-0.2, 0) is 0 Å². The molecular formula is C19H19N5O2. The highest BCUT2D eigenvalue weighted by Crippen LogP contribution is 2.36. The van der Waals surface area contributed by atoms with Crippen molar-refractivity contribution in [3.8, 4) is 11.3 Å². The molecule has 1 aliphatic heterocycles. The Hall–Kier alpha value is -3.22. The molecule has 7 nitrogen and oxygen atoms in total. The Morgan fingerprint density at radius 3 is 2.69 bits per heavy atom. The van der Waals surface area contributed by atoms with Gasteiger partial charge in [0.25, 0.3) is 5.69 Å². The number of pyridine rings is 1. The van der Waals surface area contributed by atoms with Crippen LogP contribution in [0.3, 0.4) is 0 Å². The molecule has 26 heavy (non-hydrogen) atoms. The van der Waals surface area contributed by atoms with Gasteiger partial charge in [0.1, 0.15) is 5.82 Å². The van der Waals surface area contributed by atoms with Crippen LogP contribution < -0.4 is 4.90 Å². The third-order valence-electron chi connectivity index (χ3n) is 4.78. The number of aromatic nitrogens is 3. The molecule has 0 spiro atoms. The molecule has 1 atom stereocenters. The Morgan fingerprint density at radius 1 is 1.12 bits per heavy atom. The van der Waals surface area contributed by atoms with Gasteiger partial charge in [-0.3, -0.25) is 15.2 Å². The summed E-state index contributed by atoms with van der Waals surface area (Å²) in [5.41, 5.74) is 2.22. The summed E-state index contributed by atoms with van der Waals surface area (Å²) in [4.78, 5) is 18.0. The molecule has 1 aromatic carbocycles. The first-order chi connectivity index (χ1) is 12.7. The zero-order chi connectivity index (χ0) is 17.9. The van der Waals surface area contributed by atoms with Crippen LogP contribution in [0, 0.1) is 10.1 Å². The lowest BCUT2D eigenvalue weighted by Gasteiger charge is -2.36. The summed E-state index contributed by atoms with van der Waals surface area (Å²) in [6.45, 7) is 0.864. The maximum absolute atomic E-state index is 11.5. The van der Waals surface area contributed by atoms with Crippen molar-refractivity contribution in [3.05, 3.63) is 70.5 Å². The van der Waals surface area contributed by atoms with Gasteiger partial charge in [-0.15, -0.1) is 0 Å². The number of aromatic amines is 1. The second kappa shape index (κ2) is 6.95. The van der Waals surface area contributed by atoms with Gasteiger partial charge in [-0.25, -0.2) is 4.98 Å². The summed E-state index contributed by atoms with van der Waals surface area (Å²) in [6.07, 6.45) is 4.96. The fourth-order valence-corrected chi connectivity index (χ4v) is 3.54. The van der Waals surface area contributed by atoms with Crippen LogP contribution in [0.2, 0.25) is 0 Å². The SMILES string of the molecule is O=[N+]([O-])c1ccc(N2CCCC[C@H]2c2ccn[nH]2)nc1-c1ccccc1. The van der Waals surface area contributed by atoms with E-state index in [9.17, 15) is 10.1 Å². The molecule has 2 aromatic heterocycles. The molecule has 1 aliphatic rings. The zero-order valence-electron chi connectivity index (χ0n) is 14.2. The fourth-order valence-electron chi connectivity index (χ4n) is 3.54. The Labute approximate surface area is 150 Å². The van der Waals surface area contributed by atoms with Crippen molar-refractivity contribution in [2.24, 2.45) is 0 Å². The number of piperidine rings is 1. The van der Waals surface area contributed by atoms with Gasteiger partial charge >= 0.3 is 0 Å². The number of nitro groups is 1. The quantitative estimate of drug-likeness (QED) is 0.565. The van der Waals surface area contributed by atoms with Gasteiger partial charge in [-0.1, -0.05) is 30.3 Å². The van der Waals surface area contributed by atoms with Crippen LogP contribution in [0.25, 0.3) is 11.3 Å². The van der Waals surface area contributed by atoms with E-state index in [0.29, 0.717) is 5.69 Å². The minimum atomic E-state index is -0.373. The average molecular weight is 349 g/mol. The smallest absolute Gasteiger partial charge is 0.295 e.